The average Bonchev–Trinajstić information content (AvgIpc) is 3.66. The highest BCUT2D eigenvalue weighted by Gasteiger charge is 2.30. The number of carbonyl (C=O) groups excluding carboxylic acids is 4. The van der Waals surface area contributed by atoms with E-state index in [0.717, 1.165) is 114 Å². The van der Waals surface area contributed by atoms with Gasteiger partial charge in [0.15, 0.2) is 12.2 Å². The van der Waals surface area contributed by atoms with Crippen LogP contribution in [0.3, 0.4) is 0 Å². The lowest BCUT2D eigenvalue weighted by Crippen LogP contribution is -2.30. The second kappa shape index (κ2) is 57.0. The first-order chi connectivity index (χ1) is 41.2. The van der Waals surface area contributed by atoms with Crippen molar-refractivity contribution in [3.63, 3.8) is 0 Å². The summed E-state index contributed by atoms with van der Waals surface area (Å²) in [7, 11) is -9.90. The number of aliphatic hydroxyl groups is 1. The molecular weight excluding hydrogens is 1140 g/mol. The Morgan fingerprint density at radius 3 is 0.826 bits per heavy atom. The summed E-state index contributed by atoms with van der Waals surface area (Å²) in [5, 5.41) is 10.6. The van der Waals surface area contributed by atoms with E-state index >= 15 is 0 Å². The van der Waals surface area contributed by atoms with Crippen LogP contribution in [0.15, 0.2) is 0 Å². The normalized spacial score (nSPS) is 15.0. The number of carbonyl (C=O) groups is 4. The maximum atomic E-state index is 13.0. The first-order valence-corrected chi connectivity index (χ1v) is 37.8. The van der Waals surface area contributed by atoms with Crippen molar-refractivity contribution in [1.29, 1.82) is 0 Å². The smallest absolute Gasteiger partial charge is 0.462 e. The van der Waals surface area contributed by atoms with E-state index in [-0.39, 0.29) is 25.7 Å². The number of unbranched alkanes of at least 4 members (excludes halogenated alkanes) is 28. The minimum Gasteiger partial charge on any atom is -0.462 e. The molecule has 3 N–H and O–H groups in total. The summed E-state index contributed by atoms with van der Waals surface area (Å²) in [6.45, 7) is 14.0. The van der Waals surface area contributed by atoms with Crippen LogP contribution < -0.4 is 0 Å². The Morgan fingerprint density at radius 2 is 0.558 bits per heavy atom. The van der Waals surface area contributed by atoms with E-state index in [1.807, 2.05) is 0 Å². The van der Waals surface area contributed by atoms with Crippen molar-refractivity contribution in [2.75, 3.05) is 39.6 Å². The summed E-state index contributed by atoms with van der Waals surface area (Å²) < 4.78 is 68.1. The van der Waals surface area contributed by atoms with Crippen molar-refractivity contribution in [3.8, 4) is 0 Å². The summed E-state index contributed by atoms with van der Waals surface area (Å²) in [6.07, 6.45) is 37.7. The van der Waals surface area contributed by atoms with Gasteiger partial charge in [0.05, 0.1) is 26.4 Å². The maximum absolute atomic E-state index is 13.0. The molecule has 0 aliphatic rings. The molecule has 0 heterocycles. The van der Waals surface area contributed by atoms with E-state index in [1.165, 1.54) is 122 Å². The molecule has 510 valence electrons. The van der Waals surface area contributed by atoms with E-state index in [4.69, 9.17) is 37.0 Å². The Hall–Kier alpha value is -1.94. The molecule has 0 aromatic rings. The van der Waals surface area contributed by atoms with Crippen molar-refractivity contribution < 1.29 is 80.2 Å². The van der Waals surface area contributed by atoms with Crippen molar-refractivity contribution in [3.05, 3.63) is 0 Å². The molecule has 0 saturated heterocycles. The molecule has 7 atom stereocenters. The average molecular weight is 1270 g/mol. The highest BCUT2D eigenvalue weighted by Crippen LogP contribution is 2.45. The first kappa shape index (κ1) is 84.1. The summed E-state index contributed by atoms with van der Waals surface area (Å²) in [4.78, 5) is 72.3. The molecule has 0 aliphatic heterocycles. The van der Waals surface area contributed by atoms with Gasteiger partial charge in [-0.25, -0.2) is 9.13 Å². The van der Waals surface area contributed by atoms with Crippen LogP contribution in [0.4, 0.5) is 0 Å². The number of esters is 4. The lowest BCUT2D eigenvalue weighted by molar-refractivity contribution is -0.161. The van der Waals surface area contributed by atoms with Crippen LogP contribution >= 0.6 is 15.6 Å². The lowest BCUT2D eigenvalue weighted by atomic mass is 9.99. The number of hydrogen-bond donors (Lipinski definition) is 3. The molecule has 0 bridgehead atoms. The summed E-state index contributed by atoms with van der Waals surface area (Å²) in [6, 6.07) is 0. The third-order valence-electron chi connectivity index (χ3n) is 16.0. The molecule has 17 nitrogen and oxygen atoms in total. The quantitative estimate of drug-likeness (QED) is 0.0222. The first-order valence-electron chi connectivity index (χ1n) is 34.8. The fourth-order valence-electron chi connectivity index (χ4n) is 9.89. The molecule has 19 heteroatoms. The summed E-state index contributed by atoms with van der Waals surface area (Å²) in [5.41, 5.74) is 0. The van der Waals surface area contributed by atoms with Gasteiger partial charge >= 0.3 is 39.5 Å². The molecule has 0 amide bonds. The zero-order chi connectivity index (χ0) is 63.9. The number of phosphoric ester groups is 2. The lowest BCUT2D eigenvalue weighted by Gasteiger charge is -2.21. The molecule has 0 aliphatic carbocycles. The van der Waals surface area contributed by atoms with Crippen LogP contribution in [-0.4, -0.2) is 96.7 Å². The second-order valence-corrected chi connectivity index (χ2v) is 28.6. The Labute approximate surface area is 524 Å². The highest BCUT2D eigenvalue weighted by atomic mass is 31.2. The number of aliphatic hydroxyl groups excluding tert-OH is 1. The molecule has 0 spiro atoms. The fraction of sp³-hybridized carbons (Fsp3) is 0.940. The Morgan fingerprint density at radius 1 is 0.326 bits per heavy atom. The third kappa shape index (κ3) is 58.4. The molecule has 0 rings (SSSR count). The van der Waals surface area contributed by atoms with Crippen LogP contribution in [0.5, 0.6) is 0 Å². The van der Waals surface area contributed by atoms with Crippen molar-refractivity contribution >= 4 is 39.5 Å². The standard InChI is InChI=1S/C67H130O17P2/c1-9-59(7)45-37-29-20-16-12-14-17-21-31-39-47-64(69)77-53-62(83-66(71)49-41-33-22-18-13-11-15-19-27-35-43-57(3)4)55-81-85(73,74)79-51-61(68)52-80-86(75,76)82-56-63(84-67(72)50-42-34-25-23-28-36-44-58(5)6)54-78-65(70)48-40-32-26-24-30-38-46-60(8)10-2/h57-63,68H,9-56H2,1-8H3,(H,73,74)(H,75,76)/t59?,60?,61-,62-,63-/m1/s1. The molecule has 0 radical (unpaired) electrons. The van der Waals surface area contributed by atoms with Gasteiger partial charge in [0.1, 0.15) is 19.3 Å². The van der Waals surface area contributed by atoms with Gasteiger partial charge in [-0.3, -0.25) is 37.3 Å². The minimum atomic E-state index is -4.95. The number of rotatable bonds is 64. The Kier molecular flexibility index (Phi) is 55.7. The second-order valence-electron chi connectivity index (χ2n) is 25.6. The SMILES string of the molecule is CCC(C)CCCCCCCCCCCCC(=O)OC[C@H](COP(=O)(O)OC[C@@H](O)COP(=O)(O)OC[C@@H](COC(=O)CCCCCCCCC(C)CC)OC(=O)CCCCCCCCC(C)C)OC(=O)CCCCCCCCCCCCC(C)C. The van der Waals surface area contributed by atoms with Gasteiger partial charge in [-0.2, -0.15) is 0 Å². The molecule has 0 fully saturated rings. The molecular formula is C67H130O17P2. The molecule has 0 aromatic heterocycles. The number of ether oxygens (including phenoxy) is 4. The van der Waals surface area contributed by atoms with E-state index in [9.17, 15) is 43.2 Å². The van der Waals surface area contributed by atoms with Crippen molar-refractivity contribution in [1.82, 2.24) is 0 Å². The van der Waals surface area contributed by atoms with E-state index in [0.29, 0.717) is 31.6 Å². The highest BCUT2D eigenvalue weighted by molar-refractivity contribution is 7.47. The largest absolute Gasteiger partial charge is 0.472 e. The minimum absolute atomic E-state index is 0.101. The van der Waals surface area contributed by atoms with E-state index in [2.05, 4.69) is 55.4 Å². The molecule has 4 unspecified atom stereocenters. The maximum Gasteiger partial charge on any atom is 0.472 e. The number of hydrogen-bond acceptors (Lipinski definition) is 15. The van der Waals surface area contributed by atoms with Crippen LogP contribution in [0.25, 0.3) is 0 Å². The van der Waals surface area contributed by atoms with Crippen molar-refractivity contribution in [2.24, 2.45) is 23.7 Å². The van der Waals surface area contributed by atoms with Gasteiger partial charge in [0.2, 0.25) is 0 Å². The van der Waals surface area contributed by atoms with Gasteiger partial charge in [0, 0.05) is 25.7 Å². The topological polar surface area (TPSA) is 237 Å². The van der Waals surface area contributed by atoms with Gasteiger partial charge in [-0.05, 0) is 49.4 Å². The van der Waals surface area contributed by atoms with Gasteiger partial charge in [0.25, 0.3) is 0 Å². The van der Waals surface area contributed by atoms with Crippen LogP contribution in [0, 0.1) is 23.7 Å². The van der Waals surface area contributed by atoms with Gasteiger partial charge in [-0.1, -0.05) is 274 Å². The molecule has 86 heavy (non-hydrogen) atoms. The van der Waals surface area contributed by atoms with Gasteiger partial charge < -0.3 is 33.8 Å². The fourth-order valence-corrected chi connectivity index (χ4v) is 11.5. The van der Waals surface area contributed by atoms with Crippen molar-refractivity contribution in [2.45, 2.75) is 343 Å². The number of phosphoric acid groups is 2. The van der Waals surface area contributed by atoms with E-state index in [1.54, 1.807) is 0 Å². The zero-order valence-electron chi connectivity index (χ0n) is 55.9. The summed E-state index contributed by atoms with van der Waals surface area (Å²) in [5.74, 6) is 0.823. The monoisotopic (exact) mass is 1270 g/mol. The van der Waals surface area contributed by atoms with E-state index < -0.39 is 97.5 Å². The Bertz CT molecular complexity index is 1720. The Balaban J connectivity index is 5.25. The van der Waals surface area contributed by atoms with Crippen LogP contribution in [-0.2, 0) is 65.4 Å². The predicted molar refractivity (Wildman–Crippen MR) is 344 cm³/mol. The third-order valence-corrected chi connectivity index (χ3v) is 17.9. The summed E-state index contributed by atoms with van der Waals surface area (Å²) >= 11 is 0. The van der Waals surface area contributed by atoms with Gasteiger partial charge in [-0.15, -0.1) is 0 Å². The van der Waals surface area contributed by atoms with Crippen LogP contribution in [0.2, 0.25) is 0 Å². The molecule has 0 saturated carbocycles. The van der Waals surface area contributed by atoms with Crippen LogP contribution in [0.1, 0.15) is 325 Å². The predicted octanol–water partition coefficient (Wildman–Crippen LogP) is 18.5. The molecule has 0 aromatic carbocycles. The zero-order valence-corrected chi connectivity index (χ0v) is 57.7.